The van der Waals surface area contributed by atoms with Gasteiger partial charge in [0.25, 0.3) is 5.56 Å². The lowest BCUT2D eigenvalue weighted by Crippen LogP contribution is -2.32. The van der Waals surface area contributed by atoms with Gasteiger partial charge < -0.3 is 10.6 Å². The van der Waals surface area contributed by atoms with E-state index in [1.54, 1.807) is 22.8 Å². The molecular weight excluding hydrogens is 276 g/mol. The number of aromatic nitrogens is 2. The quantitative estimate of drug-likeness (QED) is 0.931. The second-order valence-corrected chi connectivity index (χ2v) is 5.56. The molecule has 1 heterocycles. The molecule has 0 aliphatic rings. The Morgan fingerprint density at radius 1 is 1.45 bits per heavy atom. The molecule has 0 amide bonds. The predicted molar refractivity (Wildman–Crippen MR) is 82.2 cm³/mol. The predicted octanol–water partition coefficient (Wildman–Crippen LogP) is 1.63. The van der Waals surface area contributed by atoms with Gasteiger partial charge in [-0.3, -0.25) is 9.36 Å². The van der Waals surface area contributed by atoms with Crippen LogP contribution in [0.2, 0.25) is 5.02 Å². The van der Waals surface area contributed by atoms with E-state index in [1.165, 1.54) is 0 Å². The van der Waals surface area contributed by atoms with Crippen molar-refractivity contribution in [1.82, 2.24) is 14.5 Å². The smallest absolute Gasteiger partial charge is 0.262 e. The van der Waals surface area contributed by atoms with E-state index in [0.29, 0.717) is 28.3 Å². The highest BCUT2D eigenvalue weighted by molar-refractivity contribution is 6.35. The van der Waals surface area contributed by atoms with Crippen LogP contribution in [0.25, 0.3) is 10.9 Å². The van der Waals surface area contributed by atoms with Gasteiger partial charge >= 0.3 is 0 Å². The summed E-state index contributed by atoms with van der Waals surface area (Å²) < 4.78 is 1.62. The third-order valence-corrected chi connectivity index (χ3v) is 3.46. The van der Waals surface area contributed by atoms with E-state index < -0.39 is 0 Å². The number of nitrogens with two attached hydrogens (primary N) is 1. The minimum Gasteiger partial charge on any atom is -0.322 e. The number of rotatable bonds is 4. The molecule has 0 aliphatic heterocycles. The average molecular weight is 295 g/mol. The van der Waals surface area contributed by atoms with Gasteiger partial charge in [-0.15, -0.1) is 0 Å². The van der Waals surface area contributed by atoms with E-state index >= 15 is 0 Å². The fourth-order valence-corrected chi connectivity index (χ4v) is 2.35. The summed E-state index contributed by atoms with van der Waals surface area (Å²) in [6.07, 6.45) is 0. The van der Waals surface area contributed by atoms with E-state index in [9.17, 15) is 4.79 Å². The molecular formula is C14H19ClN4O. The number of hydrogen-bond donors (Lipinski definition) is 1. The molecule has 0 fully saturated rings. The summed E-state index contributed by atoms with van der Waals surface area (Å²) in [5.41, 5.74) is 6.41. The zero-order valence-electron chi connectivity index (χ0n) is 11.9. The van der Waals surface area contributed by atoms with E-state index in [-0.39, 0.29) is 11.6 Å². The standard InChI is InChI=1S/C14H19ClN4O/c1-9(16)13-17-11-6-4-5-10(15)12(11)14(20)19(13)8-7-18(2)3/h4-6,9H,7-8,16H2,1-3H3. The zero-order chi connectivity index (χ0) is 14.9. The Bertz CT molecular complexity index is 679. The molecule has 0 radical (unpaired) electrons. The SMILES string of the molecule is CC(N)c1nc2cccc(Cl)c2c(=O)n1CCN(C)C. The average Bonchev–Trinajstić information content (AvgIpc) is 2.36. The zero-order valence-corrected chi connectivity index (χ0v) is 12.7. The van der Waals surface area contributed by atoms with Crippen molar-refractivity contribution in [2.75, 3.05) is 20.6 Å². The van der Waals surface area contributed by atoms with E-state index in [0.717, 1.165) is 6.54 Å². The van der Waals surface area contributed by atoms with Gasteiger partial charge in [0.1, 0.15) is 5.82 Å². The Balaban J connectivity index is 2.69. The first-order chi connectivity index (χ1) is 9.41. The summed E-state index contributed by atoms with van der Waals surface area (Å²) in [6, 6.07) is 4.96. The normalized spacial score (nSPS) is 13.1. The fraction of sp³-hybridized carbons (Fsp3) is 0.429. The van der Waals surface area contributed by atoms with Gasteiger partial charge in [0, 0.05) is 13.1 Å². The molecule has 1 atom stereocenters. The van der Waals surface area contributed by atoms with Gasteiger partial charge in [0.2, 0.25) is 0 Å². The molecule has 20 heavy (non-hydrogen) atoms. The summed E-state index contributed by atoms with van der Waals surface area (Å²) in [5.74, 6) is 0.589. The summed E-state index contributed by atoms with van der Waals surface area (Å²) in [5, 5.41) is 0.882. The highest BCUT2D eigenvalue weighted by Gasteiger charge is 2.15. The number of benzene rings is 1. The molecule has 6 heteroatoms. The van der Waals surface area contributed by atoms with Crippen LogP contribution in [-0.4, -0.2) is 35.1 Å². The van der Waals surface area contributed by atoms with Gasteiger partial charge in [0.05, 0.1) is 22.0 Å². The lowest BCUT2D eigenvalue weighted by Gasteiger charge is -2.18. The van der Waals surface area contributed by atoms with Crippen molar-refractivity contribution in [3.63, 3.8) is 0 Å². The second kappa shape index (κ2) is 5.91. The van der Waals surface area contributed by atoms with Crippen LogP contribution in [0.3, 0.4) is 0 Å². The van der Waals surface area contributed by atoms with Crippen molar-refractivity contribution in [2.24, 2.45) is 5.73 Å². The van der Waals surface area contributed by atoms with Gasteiger partial charge in [0.15, 0.2) is 0 Å². The van der Waals surface area contributed by atoms with Crippen LogP contribution in [0.5, 0.6) is 0 Å². The maximum Gasteiger partial charge on any atom is 0.262 e. The number of hydrogen-bond acceptors (Lipinski definition) is 4. The van der Waals surface area contributed by atoms with Gasteiger partial charge in [-0.2, -0.15) is 0 Å². The molecule has 0 aliphatic carbocycles. The van der Waals surface area contributed by atoms with Gasteiger partial charge in [-0.1, -0.05) is 17.7 Å². The van der Waals surface area contributed by atoms with Crippen molar-refractivity contribution in [1.29, 1.82) is 0 Å². The molecule has 0 bridgehead atoms. The second-order valence-electron chi connectivity index (χ2n) is 5.15. The summed E-state index contributed by atoms with van der Waals surface area (Å²) in [6.45, 7) is 3.10. The Morgan fingerprint density at radius 2 is 2.15 bits per heavy atom. The summed E-state index contributed by atoms with van der Waals surface area (Å²) >= 11 is 6.13. The molecule has 0 saturated heterocycles. The molecule has 2 aromatic rings. The van der Waals surface area contributed by atoms with Crippen LogP contribution in [0.4, 0.5) is 0 Å². The summed E-state index contributed by atoms with van der Waals surface area (Å²) in [7, 11) is 3.91. The van der Waals surface area contributed by atoms with Crippen LogP contribution in [-0.2, 0) is 6.54 Å². The van der Waals surface area contributed by atoms with Gasteiger partial charge in [-0.25, -0.2) is 4.98 Å². The Labute approximate surface area is 123 Å². The first-order valence-electron chi connectivity index (χ1n) is 6.51. The number of fused-ring (bicyclic) bond motifs is 1. The molecule has 108 valence electrons. The third-order valence-electron chi connectivity index (χ3n) is 3.14. The summed E-state index contributed by atoms with van der Waals surface area (Å²) in [4.78, 5) is 19.2. The largest absolute Gasteiger partial charge is 0.322 e. The Kier molecular flexibility index (Phi) is 4.42. The van der Waals surface area contributed by atoms with Crippen molar-refractivity contribution in [3.8, 4) is 0 Å². The molecule has 1 aromatic carbocycles. The van der Waals surface area contributed by atoms with Crippen LogP contribution in [0, 0.1) is 0 Å². The van der Waals surface area contributed by atoms with E-state index in [1.807, 2.05) is 25.9 Å². The van der Waals surface area contributed by atoms with E-state index in [2.05, 4.69) is 4.98 Å². The Morgan fingerprint density at radius 3 is 2.75 bits per heavy atom. The number of nitrogens with zero attached hydrogens (tertiary/aromatic N) is 3. The molecule has 0 spiro atoms. The van der Waals surface area contributed by atoms with E-state index in [4.69, 9.17) is 17.3 Å². The molecule has 5 nitrogen and oxygen atoms in total. The maximum atomic E-state index is 12.7. The van der Waals surface area contributed by atoms with Gasteiger partial charge in [-0.05, 0) is 33.2 Å². The minimum atomic E-state index is -0.312. The topological polar surface area (TPSA) is 64.1 Å². The fourth-order valence-electron chi connectivity index (χ4n) is 2.10. The molecule has 0 saturated carbocycles. The number of halogens is 1. The highest BCUT2D eigenvalue weighted by atomic mass is 35.5. The first kappa shape index (κ1) is 15.0. The lowest BCUT2D eigenvalue weighted by molar-refractivity contribution is 0.374. The van der Waals surface area contributed by atoms with Crippen molar-refractivity contribution < 1.29 is 0 Å². The number of likely N-dealkylation sites (N-methyl/N-ethyl adjacent to an activating group) is 1. The van der Waals surface area contributed by atoms with Crippen LogP contribution in [0.15, 0.2) is 23.0 Å². The van der Waals surface area contributed by atoms with Crippen molar-refractivity contribution in [3.05, 3.63) is 39.4 Å². The van der Waals surface area contributed by atoms with Crippen molar-refractivity contribution in [2.45, 2.75) is 19.5 Å². The lowest BCUT2D eigenvalue weighted by atomic mass is 10.2. The van der Waals surface area contributed by atoms with Crippen LogP contribution < -0.4 is 11.3 Å². The molecule has 1 unspecified atom stereocenters. The van der Waals surface area contributed by atoms with Crippen LogP contribution in [0.1, 0.15) is 18.8 Å². The Hall–Kier alpha value is -1.43. The monoisotopic (exact) mass is 294 g/mol. The highest BCUT2D eigenvalue weighted by Crippen LogP contribution is 2.20. The van der Waals surface area contributed by atoms with Crippen LogP contribution >= 0.6 is 11.6 Å². The maximum absolute atomic E-state index is 12.7. The van der Waals surface area contributed by atoms with Crippen molar-refractivity contribution >= 4 is 22.5 Å². The molecule has 1 aromatic heterocycles. The molecule has 2 rings (SSSR count). The molecule has 2 N–H and O–H groups in total. The third kappa shape index (κ3) is 2.85. The minimum absolute atomic E-state index is 0.130. The first-order valence-corrected chi connectivity index (χ1v) is 6.89.